The van der Waals surface area contributed by atoms with Crippen LogP contribution in [0.25, 0.3) is 0 Å². The first-order valence-electron chi connectivity index (χ1n) is 5.37. The minimum Gasteiger partial charge on any atom is -0.341 e. The number of rotatable bonds is 6. The van der Waals surface area contributed by atoms with Crippen LogP contribution in [0, 0.1) is 0 Å². The second-order valence-corrected chi connectivity index (χ2v) is 5.47. The number of amides is 1. The number of likely N-dealkylation sites (tertiary alicyclic amines) is 1. The number of nitrogens with zero attached hydrogens (tertiary/aromatic N) is 1. The smallest absolute Gasteiger partial charge is 0.307 e. The summed E-state index contributed by atoms with van der Waals surface area (Å²) in [6.07, 6.45) is 0.526. The molecule has 1 rings (SSSR count). The lowest BCUT2D eigenvalue weighted by Gasteiger charge is -2.15. The lowest BCUT2D eigenvalue weighted by Crippen LogP contribution is -2.30. The van der Waals surface area contributed by atoms with Gasteiger partial charge in [0, 0.05) is 19.5 Å². The first-order valence-corrected chi connectivity index (χ1v) is 6.81. The lowest BCUT2D eigenvalue weighted by molar-refractivity contribution is -0.127. The van der Waals surface area contributed by atoms with Gasteiger partial charge in [-0.2, -0.15) is 8.42 Å². The van der Waals surface area contributed by atoms with Crippen LogP contribution in [0.5, 0.6) is 0 Å². The molecule has 1 amide bonds. The zero-order chi connectivity index (χ0) is 12.2. The fourth-order valence-electron chi connectivity index (χ4n) is 1.71. The highest BCUT2D eigenvalue weighted by Crippen LogP contribution is 2.19. The Labute approximate surface area is 95.2 Å². The molecule has 0 aromatic carbocycles. The predicted molar refractivity (Wildman–Crippen MR) is 58.2 cm³/mol. The number of nitrogens with one attached hydrogen (secondary N) is 1. The molecule has 0 saturated carbocycles. The first kappa shape index (κ1) is 13.4. The van der Waals surface area contributed by atoms with Crippen molar-refractivity contribution in [3.63, 3.8) is 0 Å². The topological polar surface area (TPSA) is 66.5 Å². The van der Waals surface area contributed by atoms with Crippen molar-refractivity contribution in [1.82, 2.24) is 10.2 Å². The zero-order valence-corrected chi connectivity index (χ0v) is 10.1. The number of halogens is 1. The summed E-state index contributed by atoms with van der Waals surface area (Å²) < 4.78 is 34.0. The van der Waals surface area contributed by atoms with Crippen LogP contribution in [-0.2, 0) is 15.0 Å². The molecule has 0 bridgehead atoms. The van der Waals surface area contributed by atoms with E-state index in [1.165, 1.54) is 4.90 Å². The Morgan fingerprint density at radius 3 is 2.75 bits per heavy atom. The van der Waals surface area contributed by atoms with Gasteiger partial charge in [0.25, 0.3) is 0 Å². The molecule has 1 N–H and O–H groups in total. The predicted octanol–water partition coefficient (Wildman–Crippen LogP) is -0.114. The van der Waals surface area contributed by atoms with Gasteiger partial charge in [-0.25, -0.2) is 0 Å². The Bertz CT molecular complexity index is 345. The molecule has 1 atom stereocenters. The van der Waals surface area contributed by atoms with Crippen LogP contribution in [0.1, 0.15) is 19.8 Å². The summed E-state index contributed by atoms with van der Waals surface area (Å²) in [4.78, 5) is 12.8. The van der Waals surface area contributed by atoms with Crippen molar-refractivity contribution >= 4 is 16.1 Å². The molecule has 1 aliphatic rings. The molecular weight excluding hydrogens is 235 g/mol. The summed E-state index contributed by atoms with van der Waals surface area (Å²) in [7, 11) is -4.58. The Morgan fingerprint density at radius 2 is 2.25 bits per heavy atom. The number of carbonyl (C=O) groups excluding carboxylic acids is 1. The molecule has 0 radical (unpaired) electrons. The molecule has 0 aromatic heterocycles. The highest BCUT2D eigenvalue weighted by atomic mass is 32.3. The van der Waals surface area contributed by atoms with E-state index >= 15 is 0 Å². The third-order valence-electron chi connectivity index (χ3n) is 2.61. The normalized spacial score (nSPS) is 21.8. The van der Waals surface area contributed by atoms with Gasteiger partial charge in [0.1, 0.15) is 5.25 Å². The van der Waals surface area contributed by atoms with E-state index in [4.69, 9.17) is 0 Å². The molecule has 1 heterocycles. The molecule has 1 fully saturated rings. The van der Waals surface area contributed by atoms with Gasteiger partial charge in [-0.1, -0.05) is 6.92 Å². The summed E-state index contributed by atoms with van der Waals surface area (Å²) in [6, 6.07) is 0. The van der Waals surface area contributed by atoms with Gasteiger partial charge in [0.15, 0.2) is 0 Å². The molecule has 1 unspecified atom stereocenters. The number of carbonyl (C=O) groups is 1. The summed E-state index contributed by atoms with van der Waals surface area (Å²) in [6.45, 7) is 4.08. The second-order valence-electron chi connectivity index (χ2n) is 3.85. The van der Waals surface area contributed by atoms with E-state index in [2.05, 4.69) is 5.32 Å². The fourth-order valence-corrected chi connectivity index (χ4v) is 2.41. The van der Waals surface area contributed by atoms with E-state index in [-0.39, 0.29) is 18.9 Å². The molecule has 0 aromatic rings. The van der Waals surface area contributed by atoms with Gasteiger partial charge in [-0.05, 0) is 19.5 Å². The van der Waals surface area contributed by atoms with Crippen LogP contribution in [0.2, 0.25) is 0 Å². The maximum atomic E-state index is 12.7. The molecule has 0 spiro atoms. The minimum atomic E-state index is -4.58. The van der Waals surface area contributed by atoms with Crippen LogP contribution < -0.4 is 5.32 Å². The first-order chi connectivity index (χ1) is 7.45. The maximum Gasteiger partial charge on any atom is 0.307 e. The van der Waals surface area contributed by atoms with Crippen molar-refractivity contribution in [2.24, 2.45) is 0 Å². The van der Waals surface area contributed by atoms with Gasteiger partial charge in [-0.3, -0.25) is 4.79 Å². The van der Waals surface area contributed by atoms with E-state index in [0.717, 1.165) is 19.5 Å². The standard InChI is InChI=1S/C9H17FN2O3S/c1-2-11-4-3-5-12-7-8(6-9(12)13)16(10,14)15/h8,11H,2-7H2,1H3. The van der Waals surface area contributed by atoms with Crippen molar-refractivity contribution < 1.29 is 17.1 Å². The largest absolute Gasteiger partial charge is 0.341 e. The van der Waals surface area contributed by atoms with Gasteiger partial charge in [0.2, 0.25) is 5.91 Å². The van der Waals surface area contributed by atoms with E-state index in [1.54, 1.807) is 0 Å². The van der Waals surface area contributed by atoms with Gasteiger partial charge >= 0.3 is 10.2 Å². The molecule has 1 saturated heterocycles. The molecule has 5 nitrogen and oxygen atoms in total. The summed E-state index contributed by atoms with van der Waals surface area (Å²) >= 11 is 0. The third kappa shape index (κ3) is 3.71. The van der Waals surface area contributed by atoms with Gasteiger partial charge < -0.3 is 10.2 Å². The second kappa shape index (κ2) is 5.58. The van der Waals surface area contributed by atoms with Crippen LogP contribution in [0.15, 0.2) is 0 Å². The Kier molecular flexibility index (Phi) is 4.67. The van der Waals surface area contributed by atoms with Crippen LogP contribution in [0.3, 0.4) is 0 Å². The van der Waals surface area contributed by atoms with Crippen molar-refractivity contribution in [1.29, 1.82) is 0 Å². The lowest BCUT2D eigenvalue weighted by atomic mass is 10.4. The van der Waals surface area contributed by atoms with Crippen molar-refractivity contribution in [3.8, 4) is 0 Å². The van der Waals surface area contributed by atoms with Gasteiger partial charge in [0.05, 0.1) is 0 Å². The monoisotopic (exact) mass is 252 g/mol. The van der Waals surface area contributed by atoms with Crippen LogP contribution in [0.4, 0.5) is 3.89 Å². The Hall–Kier alpha value is -0.690. The highest BCUT2D eigenvalue weighted by Gasteiger charge is 2.37. The van der Waals surface area contributed by atoms with Crippen molar-refractivity contribution in [2.45, 2.75) is 25.0 Å². The van der Waals surface area contributed by atoms with Crippen molar-refractivity contribution in [3.05, 3.63) is 0 Å². The summed E-state index contributed by atoms with van der Waals surface area (Å²) in [5.41, 5.74) is 0. The Morgan fingerprint density at radius 1 is 1.56 bits per heavy atom. The molecule has 16 heavy (non-hydrogen) atoms. The van der Waals surface area contributed by atoms with Crippen LogP contribution >= 0.6 is 0 Å². The van der Waals surface area contributed by atoms with E-state index in [1.807, 2.05) is 6.92 Å². The molecular formula is C9H17FN2O3S. The minimum absolute atomic E-state index is 0.0101. The quantitative estimate of drug-likeness (QED) is 0.529. The summed E-state index contributed by atoms with van der Waals surface area (Å²) in [5.74, 6) is -0.275. The molecule has 1 aliphatic heterocycles. The fraction of sp³-hybridized carbons (Fsp3) is 0.889. The summed E-state index contributed by atoms with van der Waals surface area (Å²) in [5, 5.41) is 1.93. The van der Waals surface area contributed by atoms with Crippen molar-refractivity contribution in [2.75, 3.05) is 26.2 Å². The maximum absolute atomic E-state index is 12.7. The van der Waals surface area contributed by atoms with Gasteiger partial charge in [-0.15, -0.1) is 3.89 Å². The average molecular weight is 252 g/mol. The SMILES string of the molecule is CCNCCCN1CC(S(=O)(=O)F)CC1=O. The highest BCUT2D eigenvalue weighted by molar-refractivity contribution is 7.87. The number of hydrogen-bond acceptors (Lipinski definition) is 4. The van der Waals surface area contributed by atoms with Crippen LogP contribution in [-0.4, -0.2) is 50.7 Å². The molecule has 7 heteroatoms. The zero-order valence-electron chi connectivity index (χ0n) is 9.28. The third-order valence-corrected chi connectivity index (χ3v) is 3.72. The average Bonchev–Trinajstić information content (AvgIpc) is 2.55. The number of hydrogen-bond donors (Lipinski definition) is 1. The molecule has 94 valence electrons. The molecule has 0 aliphatic carbocycles. The van der Waals surface area contributed by atoms with E-state index < -0.39 is 15.5 Å². The van der Waals surface area contributed by atoms with E-state index in [0.29, 0.717) is 6.54 Å². The Balaban J connectivity index is 2.37. The van der Waals surface area contributed by atoms with E-state index in [9.17, 15) is 17.1 Å².